The highest BCUT2D eigenvalue weighted by molar-refractivity contribution is 7.80. The molecule has 0 saturated heterocycles. The minimum Gasteiger partial charge on any atom is -0.332 e. The maximum atomic E-state index is 14.2. The standard InChI is InChI=1S/C20H12Cl2F3N3OS/c21-11-6-12(22)8-14(7-11)27-20(30)28-18-9-13(2-4-16(18)24)26-19(29)10-1-3-15(23)17(25)5-10/h1-9H,(H,26,29)(H2,27,28,30). The summed E-state index contributed by atoms with van der Waals surface area (Å²) < 4.78 is 40.5. The minimum atomic E-state index is -1.15. The van der Waals surface area contributed by atoms with Crippen LogP contribution in [0.1, 0.15) is 10.4 Å². The fraction of sp³-hybridized carbons (Fsp3) is 0. The lowest BCUT2D eigenvalue weighted by atomic mass is 10.2. The Labute approximate surface area is 185 Å². The molecule has 3 N–H and O–H groups in total. The van der Waals surface area contributed by atoms with Gasteiger partial charge < -0.3 is 16.0 Å². The van der Waals surface area contributed by atoms with Crippen LogP contribution < -0.4 is 16.0 Å². The predicted octanol–water partition coefficient (Wildman–Crippen LogP) is 6.47. The molecule has 0 aliphatic carbocycles. The zero-order chi connectivity index (χ0) is 21.8. The van der Waals surface area contributed by atoms with E-state index in [1.54, 1.807) is 18.2 Å². The molecule has 0 radical (unpaired) electrons. The number of nitrogens with one attached hydrogen (secondary N) is 3. The number of carbonyl (C=O) groups excluding carboxylic acids is 1. The number of hydrogen-bond acceptors (Lipinski definition) is 2. The van der Waals surface area contributed by atoms with Gasteiger partial charge in [-0.15, -0.1) is 0 Å². The zero-order valence-electron chi connectivity index (χ0n) is 14.9. The molecule has 154 valence electrons. The molecule has 0 heterocycles. The van der Waals surface area contributed by atoms with Gasteiger partial charge in [-0.2, -0.15) is 0 Å². The first-order valence-corrected chi connectivity index (χ1v) is 9.48. The first kappa shape index (κ1) is 21.9. The van der Waals surface area contributed by atoms with Crippen molar-refractivity contribution >= 4 is 63.5 Å². The first-order valence-electron chi connectivity index (χ1n) is 8.31. The smallest absolute Gasteiger partial charge is 0.255 e. The Morgan fingerprint density at radius 2 is 1.40 bits per heavy atom. The normalized spacial score (nSPS) is 10.4. The zero-order valence-corrected chi connectivity index (χ0v) is 17.2. The van der Waals surface area contributed by atoms with Gasteiger partial charge in [0.2, 0.25) is 0 Å². The molecular formula is C20H12Cl2F3N3OS. The second kappa shape index (κ2) is 9.34. The van der Waals surface area contributed by atoms with Gasteiger partial charge in [0.25, 0.3) is 5.91 Å². The third-order valence-corrected chi connectivity index (χ3v) is 4.42. The van der Waals surface area contributed by atoms with Crippen molar-refractivity contribution in [3.8, 4) is 0 Å². The number of thiocarbonyl (C=S) groups is 1. The maximum absolute atomic E-state index is 14.2. The van der Waals surface area contributed by atoms with Crippen LogP contribution in [0.2, 0.25) is 10.0 Å². The number of amides is 1. The van der Waals surface area contributed by atoms with Crippen LogP contribution in [0.4, 0.5) is 30.2 Å². The molecule has 0 aliphatic rings. The second-order valence-electron chi connectivity index (χ2n) is 6.01. The summed E-state index contributed by atoms with van der Waals surface area (Å²) in [6.45, 7) is 0. The van der Waals surface area contributed by atoms with Crippen LogP contribution >= 0.6 is 35.4 Å². The van der Waals surface area contributed by atoms with Crippen molar-refractivity contribution in [3.05, 3.63) is 87.7 Å². The third kappa shape index (κ3) is 5.63. The lowest BCUT2D eigenvalue weighted by Crippen LogP contribution is -2.20. The molecule has 30 heavy (non-hydrogen) atoms. The van der Waals surface area contributed by atoms with Crippen molar-refractivity contribution in [2.75, 3.05) is 16.0 Å². The topological polar surface area (TPSA) is 53.2 Å². The van der Waals surface area contributed by atoms with E-state index in [1.165, 1.54) is 12.1 Å². The average molecular weight is 470 g/mol. The van der Waals surface area contributed by atoms with Crippen LogP contribution in [0.15, 0.2) is 54.6 Å². The number of hydrogen-bond donors (Lipinski definition) is 3. The Hall–Kier alpha value is -2.81. The number of halogens is 5. The van der Waals surface area contributed by atoms with Gasteiger partial charge in [0.1, 0.15) is 5.82 Å². The van der Waals surface area contributed by atoms with E-state index in [-0.39, 0.29) is 22.1 Å². The van der Waals surface area contributed by atoms with Crippen molar-refractivity contribution in [1.29, 1.82) is 0 Å². The molecule has 3 aromatic rings. The predicted molar refractivity (Wildman–Crippen MR) is 117 cm³/mol. The van der Waals surface area contributed by atoms with Crippen molar-refractivity contribution in [1.82, 2.24) is 0 Å². The van der Waals surface area contributed by atoms with Gasteiger partial charge in [-0.05, 0) is 66.8 Å². The largest absolute Gasteiger partial charge is 0.332 e. The fourth-order valence-electron chi connectivity index (χ4n) is 2.45. The number of benzene rings is 3. The van der Waals surface area contributed by atoms with Crippen LogP contribution in [-0.4, -0.2) is 11.0 Å². The van der Waals surface area contributed by atoms with E-state index in [0.717, 1.165) is 24.3 Å². The lowest BCUT2D eigenvalue weighted by Gasteiger charge is -2.13. The SMILES string of the molecule is O=C(Nc1ccc(F)c(NC(=S)Nc2cc(Cl)cc(Cl)c2)c1)c1ccc(F)c(F)c1. The number of anilines is 3. The summed E-state index contributed by atoms with van der Waals surface area (Å²) in [6, 6.07) is 11.2. The van der Waals surface area contributed by atoms with Crippen LogP contribution in [-0.2, 0) is 0 Å². The second-order valence-corrected chi connectivity index (χ2v) is 7.30. The molecule has 0 spiro atoms. The van der Waals surface area contributed by atoms with Crippen LogP contribution in [0, 0.1) is 17.5 Å². The van der Waals surface area contributed by atoms with Gasteiger partial charge >= 0.3 is 0 Å². The van der Waals surface area contributed by atoms with E-state index >= 15 is 0 Å². The Balaban J connectivity index is 1.72. The molecule has 3 rings (SSSR count). The molecule has 0 atom stereocenters. The highest BCUT2D eigenvalue weighted by Gasteiger charge is 2.12. The number of carbonyl (C=O) groups is 1. The summed E-state index contributed by atoms with van der Waals surface area (Å²) in [6.07, 6.45) is 0. The van der Waals surface area contributed by atoms with Crippen molar-refractivity contribution < 1.29 is 18.0 Å². The summed E-state index contributed by atoms with van der Waals surface area (Å²) in [5.74, 6) is -3.54. The molecule has 0 saturated carbocycles. The Morgan fingerprint density at radius 1 is 0.733 bits per heavy atom. The molecule has 0 aliphatic heterocycles. The van der Waals surface area contributed by atoms with E-state index in [4.69, 9.17) is 35.4 Å². The third-order valence-electron chi connectivity index (χ3n) is 3.77. The Kier molecular flexibility index (Phi) is 6.81. The number of rotatable bonds is 4. The highest BCUT2D eigenvalue weighted by Crippen LogP contribution is 2.24. The summed E-state index contributed by atoms with van der Waals surface area (Å²) in [4.78, 5) is 12.2. The molecule has 0 unspecified atom stereocenters. The molecule has 1 amide bonds. The van der Waals surface area contributed by atoms with Gasteiger partial charge in [0.15, 0.2) is 16.7 Å². The Morgan fingerprint density at radius 3 is 2.07 bits per heavy atom. The summed E-state index contributed by atoms with van der Waals surface area (Å²) in [5, 5.41) is 8.79. The van der Waals surface area contributed by atoms with Gasteiger partial charge in [0, 0.05) is 27.0 Å². The van der Waals surface area contributed by atoms with Crippen molar-refractivity contribution in [3.63, 3.8) is 0 Å². The van der Waals surface area contributed by atoms with E-state index < -0.39 is 23.4 Å². The summed E-state index contributed by atoms with van der Waals surface area (Å²) in [5.41, 5.74) is 0.585. The Bertz CT molecular complexity index is 1120. The van der Waals surface area contributed by atoms with Gasteiger partial charge in [-0.1, -0.05) is 23.2 Å². The van der Waals surface area contributed by atoms with E-state index in [2.05, 4.69) is 16.0 Å². The van der Waals surface area contributed by atoms with Crippen LogP contribution in [0.25, 0.3) is 0 Å². The molecule has 0 fully saturated rings. The van der Waals surface area contributed by atoms with Gasteiger partial charge in [-0.25, -0.2) is 13.2 Å². The average Bonchev–Trinajstić information content (AvgIpc) is 2.65. The quantitative estimate of drug-likeness (QED) is 0.383. The first-order chi connectivity index (χ1) is 14.2. The van der Waals surface area contributed by atoms with Gasteiger partial charge in [-0.3, -0.25) is 4.79 Å². The highest BCUT2D eigenvalue weighted by atomic mass is 35.5. The molecule has 3 aromatic carbocycles. The molecule has 0 bridgehead atoms. The van der Waals surface area contributed by atoms with Crippen LogP contribution in [0.5, 0.6) is 0 Å². The molecule has 0 aromatic heterocycles. The van der Waals surface area contributed by atoms with Crippen molar-refractivity contribution in [2.24, 2.45) is 0 Å². The maximum Gasteiger partial charge on any atom is 0.255 e. The molecular weight excluding hydrogens is 458 g/mol. The molecule has 4 nitrogen and oxygen atoms in total. The van der Waals surface area contributed by atoms with E-state index in [0.29, 0.717) is 15.7 Å². The minimum absolute atomic E-state index is 0.0243. The lowest BCUT2D eigenvalue weighted by molar-refractivity contribution is 0.102. The van der Waals surface area contributed by atoms with Crippen molar-refractivity contribution in [2.45, 2.75) is 0 Å². The summed E-state index contributed by atoms with van der Waals surface area (Å²) >= 11 is 17.0. The monoisotopic (exact) mass is 469 g/mol. The summed E-state index contributed by atoms with van der Waals surface area (Å²) in [7, 11) is 0. The van der Waals surface area contributed by atoms with Gasteiger partial charge in [0.05, 0.1) is 5.69 Å². The fourth-order valence-corrected chi connectivity index (χ4v) is 3.20. The van der Waals surface area contributed by atoms with E-state index in [9.17, 15) is 18.0 Å². The van der Waals surface area contributed by atoms with E-state index in [1.807, 2.05) is 0 Å². The molecule has 10 heteroatoms. The van der Waals surface area contributed by atoms with Crippen LogP contribution in [0.3, 0.4) is 0 Å².